The summed E-state index contributed by atoms with van der Waals surface area (Å²) in [6.07, 6.45) is 5.32. The summed E-state index contributed by atoms with van der Waals surface area (Å²) in [6.45, 7) is 2.87. The van der Waals surface area contributed by atoms with Crippen LogP contribution < -0.4 is 5.32 Å². The normalized spacial score (nSPS) is 21.9. The molecule has 3 N–H and O–H groups in total. The molecule has 2 amide bonds. The molecule has 7 heteroatoms. The minimum absolute atomic E-state index is 0.0111. The maximum absolute atomic E-state index is 13.5. The molecular weight excluding hydrogens is 506 g/mol. The van der Waals surface area contributed by atoms with Gasteiger partial charge in [-0.3, -0.25) is 9.59 Å². The van der Waals surface area contributed by atoms with Gasteiger partial charge in [0.25, 0.3) is 0 Å². The van der Waals surface area contributed by atoms with Gasteiger partial charge in [0.05, 0.1) is 17.9 Å². The number of aliphatic hydroxyl groups is 1. The molecule has 2 heterocycles. The number of halogens is 1. The fraction of sp³-hybridized carbons (Fsp3) is 0.429. The van der Waals surface area contributed by atoms with E-state index in [1.54, 1.807) is 4.90 Å². The average Bonchev–Trinajstić information content (AvgIpc) is 3.11. The lowest BCUT2D eigenvalue weighted by Crippen LogP contribution is -2.52. The molecule has 0 radical (unpaired) electrons. The summed E-state index contributed by atoms with van der Waals surface area (Å²) < 4.78 is 0.955. The first-order valence-electron chi connectivity index (χ1n) is 12.4. The second kappa shape index (κ2) is 9.78. The Hall–Kier alpha value is -2.64. The molecule has 184 valence electrons. The Labute approximate surface area is 214 Å². The Bertz CT molecular complexity index is 1250. The third-order valence-corrected chi connectivity index (χ3v) is 8.46. The second-order valence-electron chi connectivity index (χ2n) is 10.1. The number of benzene rings is 2. The first kappa shape index (κ1) is 24.1. The van der Waals surface area contributed by atoms with E-state index in [9.17, 15) is 14.7 Å². The van der Waals surface area contributed by atoms with E-state index in [0.29, 0.717) is 19.4 Å². The highest BCUT2D eigenvalue weighted by Crippen LogP contribution is 2.45. The van der Waals surface area contributed by atoms with Crippen LogP contribution in [0.15, 0.2) is 53.1 Å². The predicted molar refractivity (Wildman–Crippen MR) is 140 cm³/mol. The van der Waals surface area contributed by atoms with Crippen molar-refractivity contribution < 1.29 is 14.7 Å². The minimum Gasteiger partial charge on any atom is -0.391 e. The molecule has 35 heavy (non-hydrogen) atoms. The number of aliphatic hydroxyl groups excluding tert-OH is 1. The molecule has 2 atom stereocenters. The smallest absolute Gasteiger partial charge is 0.230 e. The van der Waals surface area contributed by atoms with Gasteiger partial charge >= 0.3 is 0 Å². The highest BCUT2D eigenvalue weighted by molar-refractivity contribution is 9.10. The number of H-pyrrole nitrogens is 1. The van der Waals surface area contributed by atoms with Crippen molar-refractivity contribution in [2.75, 3.05) is 13.1 Å². The van der Waals surface area contributed by atoms with Crippen LogP contribution in [0.1, 0.15) is 48.8 Å². The number of nitrogens with zero attached hydrogens (tertiary/aromatic N) is 1. The molecular formula is C28H32BrN3O3. The molecule has 2 aliphatic rings. The first-order valence-corrected chi connectivity index (χ1v) is 13.2. The van der Waals surface area contributed by atoms with Crippen molar-refractivity contribution in [3.63, 3.8) is 0 Å². The number of aromatic nitrogens is 1. The summed E-state index contributed by atoms with van der Waals surface area (Å²) in [5.41, 5.74) is 3.70. The van der Waals surface area contributed by atoms with Gasteiger partial charge in [-0.25, -0.2) is 0 Å². The first-order chi connectivity index (χ1) is 16.9. The highest BCUT2D eigenvalue weighted by Gasteiger charge is 2.47. The van der Waals surface area contributed by atoms with E-state index in [2.05, 4.69) is 45.3 Å². The number of fused-ring (bicyclic) bond motifs is 1. The van der Waals surface area contributed by atoms with Crippen LogP contribution in [0, 0.1) is 6.92 Å². The minimum atomic E-state index is -0.669. The van der Waals surface area contributed by atoms with Crippen molar-refractivity contribution in [2.45, 2.75) is 63.0 Å². The number of carbonyl (C=O) groups is 2. The van der Waals surface area contributed by atoms with E-state index >= 15 is 0 Å². The van der Waals surface area contributed by atoms with Gasteiger partial charge in [0.1, 0.15) is 0 Å². The third-order valence-electron chi connectivity index (χ3n) is 7.80. The quantitative estimate of drug-likeness (QED) is 0.451. The highest BCUT2D eigenvalue weighted by atomic mass is 79.9. The molecule has 3 aromatic rings. The lowest BCUT2D eigenvalue weighted by atomic mass is 9.62. The van der Waals surface area contributed by atoms with Crippen molar-refractivity contribution in [3.8, 4) is 0 Å². The van der Waals surface area contributed by atoms with Crippen LogP contribution in [0.4, 0.5) is 0 Å². The van der Waals surface area contributed by atoms with E-state index in [4.69, 9.17) is 0 Å². The van der Waals surface area contributed by atoms with Gasteiger partial charge in [0.2, 0.25) is 11.8 Å². The summed E-state index contributed by atoms with van der Waals surface area (Å²) in [7, 11) is 0. The number of aryl methyl sites for hydroxylation is 1. The van der Waals surface area contributed by atoms with Gasteiger partial charge < -0.3 is 20.3 Å². The Morgan fingerprint density at radius 3 is 2.74 bits per heavy atom. The number of aromatic amines is 1. The number of hydrogen-bond acceptors (Lipinski definition) is 3. The molecule has 1 aliphatic heterocycles. The van der Waals surface area contributed by atoms with E-state index in [0.717, 1.165) is 51.3 Å². The van der Waals surface area contributed by atoms with Crippen LogP contribution in [0.5, 0.6) is 0 Å². The Balaban J connectivity index is 1.25. The SMILES string of the molecule is Cc1ccccc1C1(C(=O)N[C@@H]2CCN(C(=O)Cc3c[nH]c4cccc(Br)c34)C[C@H](O)C2)CCC1. The van der Waals surface area contributed by atoms with Gasteiger partial charge in [-0.2, -0.15) is 0 Å². The molecule has 0 unspecified atom stereocenters. The predicted octanol–water partition coefficient (Wildman–Crippen LogP) is 4.37. The van der Waals surface area contributed by atoms with Crippen molar-refractivity contribution in [2.24, 2.45) is 0 Å². The Morgan fingerprint density at radius 1 is 1.20 bits per heavy atom. The van der Waals surface area contributed by atoms with Crippen molar-refractivity contribution >= 4 is 38.6 Å². The Kier molecular flexibility index (Phi) is 6.73. The van der Waals surface area contributed by atoms with Crippen LogP contribution in [0.2, 0.25) is 0 Å². The zero-order chi connectivity index (χ0) is 24.6. The van der Waals surface area contributed by atoms with Gasteiger partial charge in [-0.1, -0.05) is 52.7 Å². The number of β-amino-alcohol motifs (C(OH)–C–C–N with tert-alkyl or cyclic N) is 1. The summed E-state index contributed by atoms with van der Waals surface area (Å²) in [5, 5.41) is 15.0. The molecule has 2 aromatic carbocycles. The monoisotopic (exact) mass is 537 g/mol. The van der Waals surface area contributed by atoms with Gasteiger partial charge in [-0.15, -0.1) is 0 Å². The van der Waals surface area contributed by atoms with E-state index in [1.807, 2.05) is 36.5 Å². The average molecular weight is 538 g/mol. The molecule has 0 spiro atoms. The van der Waals surface area contributed by atoms with Gasteiger partial charge in [0.15, 0.2) is 0 Å². The zero-order valence-corrected chi connectivity index (χ0v) is 21.6. The lowest BCUT2D eigenvalue weighted by molar-refractivity contribution is -0.131. The zero-order valence-electron chi connectivity index (χ0n) is 20.0. The molecule has 6 nitrogen and oxygen atoms in total. The van der Waals surface area contributed by atoms with Gasteiger partial charge in [-0.05, 0) is 61.4 Å². The van der Waals surface area contributed by atoms with Crippen LogP contribution in [0.3, 0.4) is 0 Å². The van der Waals surface area contributed by atoms with Crippen LogP contribution in [-0.2, 0) is 21.4 Å². The number of likely N-dealkylation sites (tertiary alicyclic amines) is 1. The van der Waals surface area contributed by atoms with Gasteiger partial charge in [0, 0.05) is 40.7 Å². The maximum Gasteiger partial charge on any atom is 0.230 e. The van der Waals surface area contributed by atoms with E-state index in [-0.39, 0.29) is 30.8 Å². The number of rotatable bonds is 5. The van der Waals surface area contributed by atoms with Crippen molar-refractivity contribution in [1.29, 1.82) is 0 Å². The fourth-order valence-corrected chi connectivity index (χ4v) is 6.36. The summed E-state index contributed by atoms with van der Waals surface area (Å²) in [5.74, 6) is 0.0433. The molecule has 0 bridgehead atoms. The number of carbonyl (C=O) groups excluding carboxylic acids is 2. The Morgan fingerprint density at radius 2 is 2.00 bits per heavy atom. The topological polar surface area (TPSA) is 85.4 Å². The van der Waals surface area contributed by atoms with Crippen LogP contribution in [-0.4, -0.2) is 52.0 Å². The molecule has 1 aromatic heterocycles. The van der Waals surface area contributed by atoms with E-state index < -0.39 is 11.5 Å². The van der Waals surface area contributed by atoms with E-state index in [1.165, 1.54) is 0 Å². The third kappa shape index (κ3) is 4.64. The van der Waals surface area contributed by atoms with Crippen molar-refractivity contribution in [1.82, 2.24) is 15.2 Å². The van der Waals surface area contributed by atoms with Crippen LogP contribution in [0.25, 0.3) is 10.9 Å². The van der Waals surface area contributed by atoms with Crippen LogP contribution >= 0.6 is 15.9 Å². The molecule has 2 fully saturated rings. The van der Waals surface area contributed by atoms with Crippen molar-refractivity contribution in [3.05, 3.63) is 69.8 Å². The maximum atomic E-state index is 13.5. The lowest BCUT2D eigenvalue weighted by Gasteiger charge is -2.42. The molecule has 1 saturated carbocycles. The number of amides is 2. The largest absolute Gasteiger partial charge is 0.391 e. The molecule has 1 aliphatic carbocycles. The second-order valence-corrected chi connectivity index (χ2v) is 10.9. The number of hydrogen-bond donors (Lipinski definition) is 3. The summed E-state index contributed by atoms with van der Waals surface area (Å²) >= 11 is 3.59. The fourth-order valence-electron chi connectivity index (χ4n) is 5.74. The molecule has 1 saturated heterocycles. The summed E-state index contributed by atoms with van der Waals surface area (Å²) in [6, 6.07) is 13.9. The standard InChI is InChI=1S/C28H32BrN3O3/c1-18-6-2-3-7-22(18)28(11-5-12-28)27(35)31-20-10-13-32(17-21(33)15-20)25(34)14-19-16-30-24-9-4-8-23(29)26(19)24/h2-4,6-9,16,20-21,30,33H,5,10-15,17H2,1H3,(H,31,35)/t20-,21-/m1/s1. The number of nitrogens with one attached hydrogen (secondary N) is 2. The molecule has 5 rings (SSSR count). The summed E-state index contributed by atoms with van der Waals surface area (Å²) in [4.78, 5) is 31.6.